The van der Waals surface area contributed by atoms with Crippen LogP contribution in [0.15, 0.2) is 23.2 Å². The van der Waals surface area contributed by atoms with Crippen LogP contribution in [-0.2, 0) is 25.6 Å². The van der Waals surface area contributed by atoms with E-state index in [2.05, 4.69) is 10.3 Å². The number of carboxylic acid groups (broad SMARTS) is 1. The molecule has 0 unspecified atom stereocenters. The maximum Gasteiger partial charge on any atom is 0.307 e. The summed E-state index contributed by atoms with van der Waals surface area (Å²) in [4.78, 5) is 51.1. The zero-order valence-electron chi connectivity index (χ0n) is 16.9. The number of nitrogens with two attached hydrogens (primary N) is 1. The van der Waals surface area contributed by atoms with E-state index in [0.717, 1.165) is 0 Å². The van der Waals surface area contributed by atoms with Gasteiger partial charge in [0.1, 0.15) is 5.78 Å². The van der Waals surface area contributed by atoms with E-state index in [-0.39, 0.29) is 31.0 Å². The second-order valence-corrected chi connectivity index (χ2v) is 8.09. The smallest absolute Gasteiger partial charge is 0.307 e. The summed E-state index contributed by atoms with van der Waals surface area (Å²) in [7, 11) is 0. The maximum absolute atomic E-state index is 12.2. The first-order chi connectivity index (χ1) is 13.9. The molecule has 0 saturated heterocycles. The Kier molecular flexibility index (Phi) is 9.95. The van der Waals surface area contributed by atoms with Gasteiger partial charge in [-0.05, 0) is 23.6 Å². The number of amides is 2. The Balaban J connectivity index is 2.64. The van der Waals surface area contributed by atoms with Crippen molar-refractivity contribution >= 4 is 52.7 Å². The Morgan fingerprint density at radius 1 is 1.10 bits per heavy atom. The second kappa shape index (κ2) is 11.7. The van der Waals surface area contributed by atoms with E-state index in [4.69, 9.17) is 28.9 Å². The van der Waals surface area contributed by atoms with E-state index in [1.165, 1.54) is 6.92 Å². The molecular formula is C20H25Cl2N3O5. The van der Waals surface area contributed by atoms with Gasteiger partial charge in [-0.15, -0.1) is 0 Å². The molecule has 0 fully saturated rings. The summed E-state index contributed by atoms with van der Waals surface area (Å²) in [5.41, 5.74) is 6.00. The molecule has 1 aromatic rings. The molecule has 2 atom stereocenters. The van der Waals surface area contributed by atoms with E-state index in [1.807, 2.05) is 0 Å². The van der Waals surface area contributed by atoms with Crippen LogP contribution < -0.4 is 11.1 Å². The van der Waals surface area contributed by atoms with Crippen molar-refractivity contribution in [2.24, 2.45) is 28.5 Å². The van der Waals surface area contributed by atoms with Gasteiger partial charge in [-0.1, -0.05) is 50.0 Å². The van der Waals surface area contributed by atoms with Gasteiger partial charge in [-0.3, -0.25) is 24.5 Å². The molecule has 2 amide bonds. The molecule has 10 heteroatoms. The number of ketones is 1. The van der Waals surface area contributed by atoms with Crippen molar-refractivity contribution in [3.8, 4) is 0 Å². The van der Waals surface area contributed by atoms with Crippen LogP contribution in [0.2, 0.25) is 10.0 Å². The Labute approximate surface area is 184 Å². The van der Waals surface area contributed by atoms with Crippen molar-refractivity contribution in [1.82, 2.24) is 5.32 Å². The number of carbonyl (C=O) groups is 4. The number of guanidine groups is 1. The molecule has 0 bridgehead atoms. The minimum absolute atomic E-state index is 0.163. The van der Waals surface area contributed by atoms with Crippen LogP contribution in [0.1, 0.15) is 39.2 Å². The number of aliphatic imine (C=N–C) groups is 1. The van der Waals surface area contributed by atoms with Crippen LogP contribution >= 0.6 is 23.2 Å². The number of halogens is 2. The first-order valence-electron chi connectivity index (χ1n) is 9.27. The van der Waals surface area contributed by atoms with Gasteiger partial charge in [-0.25, -0.2) is 0 Å². The second-order valence-electron chi connectivity index (χ2n) is 7.28. The molecular weight excluding hydrogens is 433 g/mol. The highest BCUT2D eigenvalue weighted by Gasteiger charge is 2.27. The molecule has 30 heavy (non-hydrogen) atoms. The van der Waals surface area contributed by atoms with Gasteiger partial charge in [-0.2, -0.15) is 4.99 Å². The van der Waals surface area contributed by atoms with Crippen molar-refractivity contribution in [2.45, 2.75) is 40.0 Å². The third kappa shape index (κ3) is 8.12. The summed E-state index contributed by atoms with van der Waals surface area (Å²) in [6.07, 6.45) is -0.588. The lowest BCUT2D eigenvalue weighted by atomic mass is 9.87. The largest absolute Gasteiger partial charge is 0.481 e. The average Bonchev–Trinajstić information content (AvgIpc) is 2.61. The number of nitrogens with one attached hydrogen (secondary N) is 1. The molecule has 0 saturated carbocycles. The van der Waals surface area contributed by atoms with Crippen LogP contribution in [0.4, 0.5) is 0 Å². The van der Waals surface area contributed by atoms with Crippen LogP contribution in [0.25, 0.3) is 0 Å². The van der Waals surface area contributed by atoms with Crippen molar-refractivity contribution in [3.63, 3.8) is 0 Å². The lowest BCUT2D eigenvalue weighted by Crippen LogP contribution is -2.38. The van der Waals surface area contributed by atoms with E-state index in [1.54, 1.807) is 32.0 Å². The molecule has 0 spiro atoms. The third-order valence-electron chi connectivity index (χ3n) is 4.49. The van der Waals surface area contributed by atoms with E-state index in [0.29, 0.717) is 15.6 Å². The number of hydrogen-bond donors (Lipinski definition) is 3. The predicted octanol–water partition coefficient (Wildman–Crippen LogP) is 2.84. The van der Waals surface area contributed by atoms with E-state index >= 15 is 0 Å². The summed E-state index contributed by atoms with van der Waals surface area (Å²) in [5, 5.41) is 12.1. The fraction of sp³-hybridized carbons (Fsp3) is 0.450. The molecule has 0 aliphatic rings. The lowest BCUT2D eigenvalue weighted by Gasteiger charge is -2.17. The number of aliphatic carboxylic acids is 1. The Hall–Kier alpha value is -2.45. The molecule has 0 aliphatic heterocycles. The number of hydrogen-bond acceptors (Lipinski definition) is 4. The van der Waals surface area contributed by atoms with Crippen molar-refractivity contribution in [1.29, 1.82) is 0 Å². The molecule has 4 N–H and O–H groups in total. The monoisotopic (exact) mass is 457 g/mol. The lowest BCUT2D eigenvalue weighted by molar-refractivity contribution is -0.145. The first kappa shape index (κ1) is 25.6. The summed E-state index contributed by atoms with van der Waals surface area (Å²) in [6, 6.07) is 4.82. The fourth-order valence-electron chi connectivity index (χ4n) is 2.66. The van der Waals surface area contributed by atoms with Crippen LogP contribution in [0.5, 0.6) is 0 Å². The normalized spacial score (nSPS) is 13.6. The first-order valence-corrected chi connectivity index (χ1v) is 10.0. The van der Waals surface area contributed by atoms with Gasteiger partial charge in [0.2, 0.25) is 17.8 Å². The summed E-state index contributed by atoms with van der Waals surface area (Å²) in [5.74, 6) is -4.86. The minimum Gasteiger partial charge on any atom is -0.481 e. The molecule has 0 aromatic heterocycles. The number of Topliss-reactive ketones (excluding diaryl/α,β-unsaturated/α-hetero) is 1. The molecule has 8 nitrogen and oxygen atoms in total. The molecule has 0 aliphatic carbocycles. The van der Waals surface area contributed by atoms with Gasteiger partial charge in [0.25, 0.3) is 0 Å². The molecule has 0 radical (unpaired) electrons. The molecule has 1 rings (SSSR count). The SMILES string of the molecule is CC(C)[C@@H](CC(=O)[C@H](C)CC(=O)N=C(N)NC(=O)Cc1c(Cl)cccc1Cl)C(=O)O. The van der Waals surface area contributed by atoms with Gasteiger partial charge >= 0.3 is 5.97 Å². The van der Waals surface area contributed by atoms with Gasteiger partial charge < -0.3 is 10.8 Å². The Morgan fingerprint density at radius 3 is 2.17 bits per heavy atom. The number of benzene rings is 1. The molecule has 164 valence electrons. The molecule has 0 heterocycles. The van der Waals surface area contributed by atoms with Gasteiger partial charge in [0.05, 0.1) is 12.3 Å². The van der Waals surface area contributed by atoms with Crippen LogP contribution in [-0.4, -0.2) is 34.6 Å². The van der Waals surface area contributed by atoms with Gasteiger partial charge in [0.15, 0.2) is 0 Å². The summed E-state index contributed by atoms with van der Waals surface area (Å²) < 4.78 is 0. The van der Waals surface area contributed by atoms with E-state index < -0.39 is 35.6 Å². The average molecular weight is 458 g/mol. The highest BCUT2D eigenvalue weighted by Crippen LogP contribution is 2.24. The summed E-state index contributed by atoms with van der Waals surface area (Å²) >= 11 is 12.0. The maximum atomic E-state index is 12.2. The Morgan fingerprint density at radius 2 is 1.67 bits per heavy atom. The Bertz CT molecular complexity index is 835. The number of rotatable bonds is 9. The van der Waals surface area contributed by atoms with Gasteiger partial charge in [0, 0.05) is 28.8 Å². The minimum atomic E-state index is -1.06. The predicted molar refractivity (Wildman–Crippen MR) is 114 cm³/mol. The highest BCUT2D eigenvalue weighted by atomic mass is 35.5. The standard InChI is InChI=1S/C20H25Cl2N3O5/c1-10(2)12(19(29)30)8-16(26)11(3)7-17(27)24-20(23)25-18(28)9-13-14(21)5-4-6-15(13)22/h4-6,10-12H,7-9H2,1-3H3,(H,29,30)(H3,23,24,25,27,28)/t11-,12-/m1/s1. The summed E-state index contributed by atoms with van der Waals surface area (Å²) in [6.45, 7) is 4.94. The zero-order valence-corrected chi connectivity index (χ0v) is 18.5. The van der Waals surface area contributed by atoms with Crippen molar-refractivity contribution in [3.05, 3.63) is 33.8 Å². The highest BCUT2D eigenvalue weighted by molar-refractivity contribution is 6.36. The van der Waals surface area contributed by atoms with Crippen LogP contribution in [0, 0.1) is 17.8 Å². The quantitative estimate of drug-likeness (QED) is 0.384. The van der Waals surface area contributed by atoms with Crippen molar-refractivity contribution in [2.75, 3.05) is 0 Å². The van der Waals surface area contributed by atoms with E-state index in [9.17, 15) is 24.3 Å². The topological polar surface area (TPSA) is 139 Å². The third-order valence-corrected chi connectivity index (χ3v) is 5.19. The fourth-order valence-corrected chi connectivity index (χ4v) is 3.19. The molecule has 1 aromatic carbocycles. The van der Waals surface area contributed by atoms with Crippen LogP contribution in [0.3, 0.4) is 0 Å². The number of carbonyl (C=O) groups excluding carboxylic acids is 3. The zero-order chi connectivity index (χ0) is 23.0. The number of carboxylic acids is 1. The van der Waals surface area contributed by atoms with Crippen molar-refractivity contribution < 1.29 is 24.3 Å². The number of nitrogens with zero attached hydrogens (tertiary/aromatic N) is 1.